The van der Waals surface area contributed by atoms with Crippen LogP contribution in [0.3, 0.4) is 0 Å². The highest BCUT2D eigenvalue weighted by Gasteiger charge is 2.18. The second-order valence-electron chi connectivity index (χ2n) is 6.53. The zero-order valence-corrected chi connectivity index (χ0v) is 14.1. The summed E-state index contributed by atoms with van der Waals surface area (Å²) in [4.78, 5) is 0. The molecule has 2 heteroatoms. The van der Waals surface area contributed by atoms with Gasteiger partial charge in [-0.3, -0.25) is 0 Å². The van der Waals surface area contributed by atoms with Crippen LogP contribution >= 0.6 is 0 Å². The van der Waals surface area contributed by atoms with Crippen LogP contribution in [-0.4, -0.2) is 18.8 Å². The first-order valence-corrected chi connectivity index (χ1v) is 10.6. The molecule has 1 nitrogen and oxygen atoms in total. The molecule has 0 aliphatic rings. The van der Waals surface area contributed by atoms with Crippen molar-refractivity contribution in [1.82, 2.24) is 0 Å². The van der Waals surface area contributed by atoms with E-state index in [4.69, 9.17) is 0 Å². The molecule has 1 N–H and O–H groups in total. The summed E-state index contributed by atoms with van der Waals surface area (Å²) in [6.45, 7) is 12.6. The summed E-state index contributed by atoms with van der Waals surface area (Å²) in [6.07, 6.45) is 8.60. The molecule has 0 bridgehead atoms. The van der Waals surface area contributed by atoms with E-state index in [2.05, 4.69) is 44.5 Å². The number of allylic oxidation sites excluding steroid dienone is 2. The Bertz CT molecular complexity index is 318. The smallest absolute Gasteiger partial charge is 0.120 e. The van der Waals surface area contributed by atoms with Crippen molar-refractivity contribution in [2.24, 2.45) is 0 Å². The third-order valence-electron chi connectivity index (χ3n) is 2.72. The predicted octanol–water partition coefficient (Wildman–Crippen LogP) is 4.53. The average Bonchev–Trinajstić information content (AvgIpc) is 2.18. The third-order valence-corrected chi connectivity index (χ3v) is 4.66. The maximum Gasteiger partial charge on any atom is 0.120 e. The Balaban J connectivity index is 4.59. The first kappa shape index (κ1) is 17.5. The lowest BCUT2D eigenvalue weighted by molar-refractivity contribution is 0.143. The number of hydrogen-bond acceptors (Lipinski definition) is 1. The van der Waals surface area contributed by atoms with E-state index in [9.17, 15) is 5.11 Å². The SMILES string of the molecule is CCCCCC/C=C(/C#CC(C)(C)O)[Si](C)(C)C. The molecule has 0 rings (SSSR count). The summed E-state index contributed by atoms with van der Waals surface area (Å²) in [5.74, 6) is 6.17. The molecule has 0 aromatic rings. The van der Waals surface area contributed by atoms with Crippen molar-refractivity contribution in [3.05, 3.63) is 11.3 Å². The topological polar surface area (TPSA) is 20.2 Å². The quantitative estimate of drug-likeness (QED) is 0.425. The predicted molar refractivity (Wildman–Crippen MR) is 84.3 cm³/mol. The normalized spacial score (nSPS) is 13.2. The highest BCUT2D eigenvalue weighted by molar-refractivity contribution is 6.84. The van der Waals surface area contributed by atoms with Crippen LogP contribution in [0.1, 0.15) is 52.9 Å². The molecule has 0 aliphatic carbocycles. The zero-order valence-electron chi connectivity index (χ0n) is 13.1. The van der Waals surface area contributed by atoms with Gasteiger partial charge in [0.05, 0.1) is 8.07 Å². The lowest BCUT2D eigenvalue weighted by atomic mass is 10.1. The summed E-state index contributed by atoms with van der Waals surface area (Å²) < 4.78 is 0. The van der Waals surface area contributed by atoms with E-state index in [1.807, 2.05) is 0 Å². The van der Waals surface area contributed by atoms with E-state index >= 15 is 0 Å². The molecule has 0 unspecified atom stereocenters. The fourth-order valence-corrected chi connectivity index (χ4v) is 2.78. The Morgan fingerprint density at radius 3 is 2.22 bits per heavy atom. The Labute approximate surface area is 115 Å². The minimum absolute atomic E-state index is 0.888. The van der Waals surface area contributed by atoms with Crippen LogP contribution in [0.15, 0.2) is 11.3 Å². The summed E-state index contributed by atoms with van der Waals surface area (Å²) in [5.41, 5.74) is -0.888. The van der Waals surface area contributed by atoms with Crippen LogP contribution < -0.4 is 0 Å². The number of aliphatic hydroxyl groups is 1. The molecule has 104 valence electrons. The second-order valence-corrected chi connectivity index (χ2v) is 11.6. The number of rotatable bonds is 6. The van der Waals surface area contributed by atoms with Crippen molar-refractivity contribution in [2.45, 2.75) is 78.1 Å². The first-order valence-electron chi connectivity index (χ1n) is 7.13. The van der Waals surface area contributed by atoms with Crippen molar-refractivity contribution in [3.63, 3.8) is 0 Å². The molecule has 0 fully saturated rings. The molecular weight excluding hydrogens is 236 g/mol. The summed E-state index contributed by atoms with van der Waals surface area (Å²) >= 11 is 0. The van der Waals surface area contributed by atoms with Gasteiger partial charge in [-0.2, -0.15) is 0 Å². The van der Waals surface area contributed by atoms with Gasteiger partial charge in [0, 0.05) is 0 Å². The van der Waals surface area contributed by atoms with Crippen LogP contribution in [-0.2, 0) is 0 Å². The van der Waals surface area contributed by atoms with Gasteiger partial charge < -0.3 is 5.11 Å². The molecule has 0 amide bonds. The lowest BCUT2D eigenvalue weighted by Crippen LogP contribution is -2.24. The molecule has 0 radical (unpaired) electrons. The van der Waals surface area contributed by atoms with Gasteiger partial charge in [0.1, 0.15) is 5.60 Å². The van der Waals surface area contributed by atoms with Gasteiger partial charge in [-0.25, -0.2) is 0 Å². The molecule has 18 heavy (non-hydrogen) atoms. The van der Waals surface area contributed by atoms with E-state index in [-0.39, 0.29) is 0 Å². The van der Waals surface area contributed by atoms with Crippen LogP contribution in [0.25, 0.3) is 0 Å². The Kier molecular flexibility index (Phi) is 7.59. The third kappa shape index (κ3) is 9.50. The molecule has 0 aliphatic heterocycles. The van der Waals surface area contributed by atoms with E-state index in [1.165, 1.54) is 30.9 Å². The van der Waals surface area contributed by atoms with Gasteiger partial charge in [0.2, 0.25) is 0 Å². The lowest BCUT2D eigenvalue weighted by Gasteiger charge is -2.17. The maximum absolute atomic E-state index is 9.69. The average molecular weight is 267 g/mol. The van der Waals surface area contributed by atoms with Gasteiger partial charge in [-0.1, -0.05) is 63.7 Å². The summed E-state index contributed by atoms with van der Waals surface area (Å²) in [5, 5.41) is 11.0. The number of unbranched alkanes of at least 4 members (excludes halogenated alkanes) is 4. The van der Waals surface area contributed by atoms with E-state index < -0.39 is 13.7 Å². The maximum atomic E-state index is 9.69. The molecule has 0 aromatic heterocycles. The highest BCUT2D eigenvalue weighted by atomic mass is 28.3. The van der Waals surface area contributed by atoms with Crippen molar-refractivity contribution in [1.29, 1.82) is 0 Å². The van der Waals surface area contributed by atoms with Gasteiger partial charge >= 0.3 is 0 Å². The van der Waals surface area contributed by atoms with Gasteiger partial charge in [0.25, 0.3) is 0 Å². The summed E-state index contributed by atoms with van der Waals surface area (Å²) in [7, 11) is -1.38. The zero-order chi connectivity index (χ0) is 14.2. The van der Waals surface area contributed by atoms with Crippen molar-refractivity contribution >= 4 is 8.07 Å². The Hall–Kier alpha value is -0.523. The largest absolute Gasteiger partial charge is 0.378 e. The van der Waals surface area contributed by atoms with Crippen LogP contribution in [0.4, 0.5) is 0 Å². The molecular formula is C16H30OSi. The van der Waals surface area contributed by atoms with Gasteiger partial charge in [-0.05, 0) is 31.9 Å². The minimum Gasteiger partial charge on any atom is -0.378 e. The number of hydrogen-bond donors (Lipinski definition) is 1. The molecule has 0 atom stereocenters. The van der Waals surface area contributed by atoms with Crippen molar-refractivity contribution in [3.8, 4) is 11.8 Å². The molecule has 0 saturated carbocycles. The van der Waals surface area contributed by atoms with Crippen LogP contribution in [0.2, 0.25) is 19.6 Å². The minimum atomic E-state index is -1.38. The van der Waals surface area contributed by atoms with Crippen molar-refractivity contribution < 1.29 is 5.11 Å². The second kappa shape index (κ2) is 7.81. The molecule has 0 saturated heterocycles. The molecule has 0 spiro atoms. The fraction of sp³-hybridized carbons (Fsp3) is 0.750. The van der Waals surface area contributed by atoms with Gasteiger partial charge in [0.15, 0.2) is 0 Å². The summed E-state index contributed by atoms with van der Waals surface area (Å²) in [6, 6.07) is 0. The monoisotopic (exact) mass is 266 g/mol. The van der Waals surface area contributed by atoms with E-state index in [0.717, 1.165) is 6.42 Å². The van der Waals surface area contributed by atoms with E-state index in [0.29, 0.717) is 0 Å². The van der Waals surface area contributed by atoms with Crippen LogP contribution in [0.5, 0.6) is 0 Å². The molecule has 0 heterocycles. The van der Waals surface area contributed by atoms with Crippen molar-refractivity contribution in [2.75, 3.05) is 0 Å². The van der Waals surface area contributed by atoms with E-state index in [1.54, 1.807) is 13.8 Å². The fourth-order valence-electron chi connectivity index (χ4n) is 1.58. The first-order chi connectivity index (χ1) is 8.17. The van der Waals surface area contributed by atoms with Gasteiger partial charge in [-0.15, -0.1) is 0 Å². The standard InChI is InChI=1S/C16H30OSi/c1-7-8-9-10-11-12-15(18(4,5)6)13-14-16(2,3)17/h12,17H,7-11H2,1-6H3/b15-12-. The Morgan fingerprint density at radius 1 is 1.17 bits per heavy atom. The Morgan fingerprint density at radius 2 is 1.78 bits per heavy atom. The molecule has 0 aromatic carbocycles. The highest BCUT2D eigenvalue weighted by Crippen LogP contribution is 2.16. The van der Waals surface area contributed by atoms with Crippen LogP contribution in [0, 0.1) is 11.8 Å².